The first-order chi connectivity index (χ1) is 8.97. The van der Waals surface area contributed by atoms with Gasteiger partial charge < -0.3 is 10.4 Å². The van der Waals surface area contributed by atoms with Gasteiger partial charge >= 0.3 is 0 Å². The Morgan fingerprint density at radius 1 is 1.37 bits per heavy atom. The van der Waals surface area contributed by atoms with Gasteiger partial charge in [-0.25, -0.2) is 4.98 Å². The van der Waals surface area contributed by atoms with Crippen molar-refractivity contribution in [3.63, 3.8) is 0 Å². The van der Waals surface area contributed by atoms with E-state index in [0.29, 0.717) is 23.3 Å². The summed E-state index contributed by atoms with van der Waals surface area (Å²) in [4.78, 5) is 16.8. The molecule has 102 valence electrons. The summed E-state index contributed by atoms with van der Waals surface area (Å²) in [7, 11) is 1.71. The van der Waals surface area contributed by atoms with Crippen molar-refractivity contribution in [1.82, 2.24) is 14.9 Å². The van der Waals surface area contributed by atoms with Crippen LogP contribution in [0.3, 0.4) is 0 Å². The van der Waals surface area contributed by atoms with Crippen LogP contribution in [0.25, 0.3) is 10.9 Å². The minimum absolute atomic E-state index is 0.0936. The van der Waals surface area contributed by atoms with Crippen molar-refractivity contribution in [1.29, 1.82) is 0 Å². The van der Waals surface area contributed by atoms with E-state index in [1.54, 1.807) is 7.05 Å². The molecule has 0 saturated carbocycles. The van der Waals surface area contributed by atoms with E-state index in [0.717, 1.165) is 17.7 Å². The molecule has 0 aliphatic heterocycles. The fourth-order valence-electron chi connectivity index (χ4n) is 2.22. The van der Waals surface area contributed by atoms with Gasteiger partial charge in [-0.2, -0.15) is 0 Å². The van der Waals surface area contributed by atoms with Gasteiger partial charge in [-0.05, 0) is 31.5 Å². The van der Waals surface area contributed by atoms with Crippen LogP contribution in [-0.2, 0) is 13.6 Å². The molecule has 0 fully saturated rings. The SMILES string of the molecule is CCNCc1nc2c(O)c(C)cc(C)c2c(=O)n1C. The molecule has 0 amide bonds. The van der Waals surface area contributed by atoms with Crippen molar-refractivity contribution >= 4 is 10.9 Å². The summed E-state index contributed by atoms with van der Waals surface area (Å²) in [6.07, 6.45) is 0. The Morgan fingerprint density at radius 2 is 2.05 bits per heavy atom. The van der Waals surface area contributed by atoms with Gasteiger partial charge in [0.1, 0.15) is 17.1 Å². The molecule has 5 nitrogen and oxygen atoms in total. The van der Waals surface area contributed by atoms with Crippen LogP contribution in [0.2, 0.25) is 0 Å². The van der Waals surface area contributed by atoms with Gasteiger partial charge in [-0.15, -0.1) is 0 Å². The number of phenols is 1. The van der Waals surface area contributed by atoms with Crippen molar-refractivity contribution in [2.75, 3.05) is 6.54 Å². The molecule has 2 aromatic rings. The molecule has 1 aromatic carbocycles. The predicted octanol–water partition coefficient (Wildman–Crippen LogP) is 1.37. The highest BCUT2D eigenvalue weighted by Gasteiger charge is 2.14. The minimum Gasteiger partial charge on any atom is -0.505 e. The summed E-state index contributed by atoms with van der Waals surface area (Å²) in [5.41, 5.74) is 1.85. The first-order valence-corrected chi connectivity index (χ1v) is 6.36. The van der Waals surface area contributed by atoms with Crippen LogP contribution in [-0.4, -0.2) is 21.2 Å². The summed E-state index contributed by atoms with van der Waals surface area (Å²) in [6, 6.07) is 1.81. The highest BCUT2D eigenvalue weighted by atomic mass is 16.3. The Labute approximate surface area is 111 Å². The lowest BCUT2D eigenvalue weighted by Gasteiger charge is -2.12. The second-order valence-corrected chi connectivity index (χ2v) is 4.76. The van der Waals surface area contributed by atoms with Gasteiger partial charge in [0.05, 0.1) is 11.9 Å². The molecular weight excluding hydrogens is 242 g/mol. The molecule has 0 bridgehead atoms. The average molecular weight is 261 g/mol. The molecule has 1 heterocycles. The van der Waals surface area contributed by atoms with E-state index in [-0.39, 0.29) is 11.3 Å². The molecule has 0 aliphatic carbocycles. The van der Waals surface area contributed by atoms with Gasteiger partial charge in [0, 0.05) is 7.05 Å². The first kappa shape index (κ1) is 13.5. The molecule has 5 heteroatoms. The first-order valence-electron chi connectivity index (χ1n) is 6.36. The van der Waals surface area contributed by atoms with E-state index >= 15 is 0 Å². The minimum atomic E-state index is -0.120. The number of hydrogen-bond acceptors (Lipinski definition) is 4. The second-order valence-electron chi connectivity index (χ2n) is 4.76. The summed E-state index contributed by atoms with van der Waals surface area (Å²) < 4.78 is 1.53. The molecule has 2 N–H and O–H groups in total. The van der Waals surface area contributed by atoms with Crippen LogP contribution >= 0.6 is 0 Å². The Bertz CT molecular complexity index is 689. The number of aromatic nitrogens is 2. The smallest absolute Gasteiger partial charge is 0.261 e. The van der Waals surface area contributed by atoms with Gasteiger partial charge in [0.25, 0.3) is 5.56 Å². The third kappa shape index (κ3) is 2.21. The predicted molar refractivity (Wildman–Crippen MR) is 75.5 cm³/mol. The number of hydrogen-bond donors (Lipinski definition) is 2. The van der Waals surface area contributed by atoms with Crippen molar-refractivity contribution < 1.29 is 5.11 Å². The van der Waals surface area contributed by atoms with Crippen molar-refractivity contribution in [3.05, 3.63) is 33.4 Å². The highest BCUT2D eigenvalue weighted by Crippen LogP contribution is 2.27. The Hall–Kier alpha value is -1.88. The fraction of sp³-hybridized carbons (Fsp3) is 0.429. The Kier molecular flexibility index (Phi) is 3.57. The van der Waals surface area contributed by atoms with Crippen molar-refractivity contribution in [2.45, 2.75) is 27.3 Å². The zero-order valence-electron chi connectivity index (χ0n) is 11.7. The molecule has 0 saturated heterocycles. The van der Waals surface area contributed by atoms with Gasteiger partial charge in [-0.3, -0.25) is 9.36 Å². The summed E-state index contributed by atoms with van der Waals surface area (Å²) in [5, 5.41) is 13.8. The lowest BCUT2D eigenvalue weighted by atomic mass is 10.1. The molecule has 0 aliphatic rings. The molecule has 0 atom stereocenters. The van der Waals surface area contributed by atoms with Gasteiger partial charge in [-0.1, -0.05) is 13.0 Å². The standard InChI is InChI=1S/C14H19N3O2/c1-5-15-7-10-16-12-11(14(19)17(10)4)8(2)6-9(3)13(12)18/h6,15,18H,5,7H2,1-4H3. The zero-order chi connectivity index (χ0) is 14.2. The highest BCUT2D eigenvalue weighted by molar-refractivity contribution is 5.87. The quantitative estimate of drug-likeness (QED) is 0.875. The zero-order valence-corrected chi connectivity index (χ0v) is 11.7. The third-order valence-corrected chi connectivity index (χ3v) is 3.34. The maximum absolute atomic E-state index is 12.4. The molecule has 1 aromatic heterocycles. The van der Waals surface area contributed by atoms with Crippen molar-refractivity contribution in [3.8, 4) is 5.75 Å². The lowest BCUT2D eigenvalue weighted by Crippen LogP contribution is -2.26. The Balaban J connectivity index is 2.81. The number of nitrogens with zero attached hydrogens (tertiary/aromatic N) is 2. The molecule has 0 unspecified atom stereocenters. The van der Waals surface area contributed by atoms with Gasteiger partial charge in [0.2, 0.25) is 0 Å². The lowest BCUT2D eigenvalue weighted by molar-refractivity contribution is 0.475. The molecular formula is C14H19N3O2. The number of benzene rings is 1. The van der Waals surface area contributed by atoms with E-state index in [9.17, 15) is 9.90 Å². The number of phenolic OH excluding ortho intramolecular Hbond substituents is 1. The van der Waals surface area contributed by atoms with Crippen LogP contribution < -0.4 is 10.9 Å². The topological polar surface area (TPSA) is 67.2 Å². The maximum Gasteiger partial charge on any atom is 0.261 e. The number of fused-ring (bicyclic) bond motifs is 1. The van der Waals surface area contributed by atoms with Crippen LogP contribution in [0.5, 0.6) is 5.75 Å². The third-order valence-electron chi connectivity index (χ3n) is 3.34. The largest absolute Gasteiger partial charge is 0.505 e. The number of rotatable bonds is 3. The average Bonchev–Trinajstić information content (AvgIpc) is 2.37. The summed E-state index contributed by atoms with van der Waals surface area (Å²) in [5.74, 6) is 0.718. The molecule has 0 radical (unpaired) electrons. The maximum atomic E-state index is 12.4. The van der Waals surface area contributed by atoms with Crippen LogP contribution in [0.1, 0.15) is 23.9 Å². The van der Waals surface area contributed by atoms with Crippen LogP contribution in [0.4, 0.5) is 0 Å². The van der Waals surface area contributed by atoms with E-state index in [1.165, 1.54) is 4.57 Å². The summed E-state index contributed by atoms with van der Waals surface area (Å²) in [6.45, 7) is 6.97. The van der Waals surface area contributed by atoms with E-state index in [1.807, 2.05) is 26.8 Å². The normalized spacial score (nSPS) is 11.2. The fourth-order valence-corrected chi connectivity index (χ4v) is 2.22. The van der Waals surface area contributed by atoms with E-state index in [2.05, 4.69) is 10.3 Å². The second kappa shape index (κ2) is 5.01. The molecule has 0 spiro atoms. The number of nitrogens with one attached hydrogen (secondary N) is 1. The van der Waals surface area contributed by atoms with Crippen LogP contribution in [0.15, 0.2) is 10.9 Å². The van der Waals surface area contributed by atoms with E-state index in [4.69, 9.17) is 0 Å². The molecule has 2 rings (SSSR count). The Morgan fingerprint density at radius 3 is 2.68 bits per heavy atom. The van der Waals surface area contributed by atoms with Gasteiger partial charge in [0.15, 0.2) is 0 Å². The summed E-state index contributed by atoms with van der Waals surface area (Å²) >= 11 is 0. The number of aryl methyl sites for hydroxylation is 2. The van der Waals surface area contributed by atoms with Crippen LogP contribution in [0, 0.1) is 13.8 Å². The monoisotopic (exact) mass is 261 g/mol. The molecule has 19 heavy (non-hydrogen) atoms. The van der Waals surface area contributed by atoms with Crippen molar-refractivity contribution in [2.24, 2.45) is 7.05 Å². The van der Waals surface area contributed by atoms with E-state index < -0.39 is 0 Å². The number of aromatic hydroxyl groups is 1.